The number of halogens is 1. The van der Waals surface area contributed by atoms with Crippen molar-refractivity contribution in [3.63, 3.8) is 0 Å². The zero-order chi connectivity index (χ0) is 29.9. The summed E-state index contributed by atoms with van der Waals surface area (Å²) in [7, 11) is 0. The van der Waals surface area contributed by atoms with Gasteiger partial charge in [0.2, 0.25) is 5.89 Å². The van der Waals surface area contributed by atoms with E-state index in [4.69, 9.17) is 20.8 Å². The Balaban J connectivity index is 1.52. The van der Waals surface area contributed by atoms with E-state index in [1.807, 2.05) is 18.2 Å². The molecule has 2 aliphatic carbocycles. The van der Waals surface area contributed by atoms with E-state index in [1.54, 1.807) is 13.0 Å². The number of carboxylic acid groups (broad SMARTS) is 1. The van der Waals surface area contributed by atoms with Gasteiger partial charge in [0, 0.05) is 10.6 Å². The second-order valence-corrected chi connectivity index (χ2v) is 13.3. The van der Waals surface area contributed by atoms with Crippen LogP contribution in [0.25, 0.3) is 21.0 Å². The van der Waals surface area contributed by atoms with Crippen LogP contribution in [0.3, 0.4) is 0 Å². The van der Waals surface area contributed by atoms with Crippen LogP contribution in [0.4, 0.5) is 0 Å². The topological polar surface area (TPSA) is 137 Å². The number of aryl methyl sites for hydroxylation is 1. The van der Waals surface area contributed by atoms with Crippen molar-refractivity contribution < 1.29 is 24.2 Å². The lowest BCUT2D eigenvalue weighted by Gasteiger charge is -2.27. The van der Waals surface area contributed by atoms with Gasteiger partial charge in [-0.2, -0.15) is 0 Å². The second-order valence-electron chi connectivity index (χ2n) is 11.9. The summed E-state index contributed by atoms with van der Waals surface area (Å²) in [6, 6.07) is 7.27. The minimum absolute atomic E-state index is 0.00548. The number of carbonyl (C=O) groups is 1. The summed E-state index contributed by atoms with van der Waals surface area (Å²) in [4.78, 5) is 45.5. The number of benzene rings is 1. The SMILES string of the molecule is Cc1c(-c2ncco2)sc2c1c(=O)n(C(C)(C)C(=O)O)c(=O)n2CC(OC1C[C@H]2CC(O)C[C@H]2C1)c1ccccc1Cl. The number of hydrogen-bond donors (Lipinski definition) is 2. The third-order valence-corrected chi connectivity index (χ3v) is 10.5. The standard InChI is InChI=1S/C30H32ClN3O7S/c1-15-23-26(36)34(30(2,3)28(37)38)29(39)33(27(23)42-24(15)25-32-8-9-40-25)14-22(20-6-4-5-7-21(20)31)41-19-12-16-10-18(35)11-17(16)13-19/h4-9,16-19,22,35H,10-14H2,1-3H3,(H,37,38)/t16-,17+,18?,19?,22?. The van der Waals surface area contributed by atoms with Crippen molar-refractivity contribution in [1.82, 2.24) is 14.1 Å². The maximum atomic E-state index is 14.2. The first-order chi connectivity index (χ1) is 20.0. The van der Waals surface area contributed by atoms with Gasteiger partial charge < -0.3 is 19.4 Å². The number of carboxylic acids is 1. The molecule has 4 aromatic rings. The number of fused-ring (bicyclic) bond motifs is 2. The third-order valence-electron chi connectivity index (χ3n) is 8.83. The third kappa shape index (κ3) is 4.82. The first-order valence-electron chi connectivity index (χ1n) is 14.0. The fraction of sp³-hybridized carbons (Fsp3) is 0.467. The van der Waals surface area contributed by atoms with Gasteiger partial charge in [-0.25, -0.2) is 19.1 Å². The van der Waals surface area contributed by atoms with Crippen molar-refractivity contribution in [2.24, 2.45) is 11.8 Å². The molecule has 3 aromatic heterocycles. The zero-order valence-corrected chi connectivity index (χ0v) is 25.0. The molecule has 2 aliphatic rings. The normalized spacial score (nSPS) is 23.0. The molecule has 12 heteroatoms. The molecule has 5 atom stereocenters. The molecule has 0 aliphatic heterocycles. The number of aliphatic hydroxyl groups is 1. The van der Waals surface area contributed by atoms with Crippen molar-refractivity contribution in [2.75, 3.05) is 0 Å². The molecule has 222 valence electrons. The van der Waals surface area contributed by atoms with E-state index >= 15 is 0 Å². The quantitative estimate of drug-likeness (QED) is 0.284. The molecule has 0 bridgehead atoms. The number of aliphatic hydroxyl groups excluding tert-OH is 1. The molecule has 0 amide bonds. The number of aliphatic carboxylic acids is 1. The van der Waals surface area contributed by atoms with Crippen molar-refractivity contribution in [1.29, 1.82) is 0 Å². The molecule has 0 saturated heterocycles. The van der Waals surface area contributed by atoms with Crippen LogP contribution in [0, 0.1) is 18.8 Å². The smallest absolute Gasteiger partial charge is 0.333 e. The maximum absolute atomic E-state index is 14.2. The van der Waals surface area contributed by atoms with Gasteiger partial charge in [0.15, 0.2) is 0 Å². The predicted octanol–water partition coefficient (Wildman–Crippen LogP) is 4.97. The first kappa shape index (κ1) is 28.9. The molecular formula is C30H32ClN3O7S. The fourth-order valence-electron chi connectivity index (χ4n) is 6.62. The number of oxazole rings is 1. The molecule has 2 saturated carbocycles. The van der Waals surface area contributed by atoms with Crippen LogP contribution in [-0.4, -0.2) is 42.5 Å². The number of ether oxygens (including phenoxy) is 1. The minimum Gasteiger partial charge on any atom is -0.480 e. The highest BCUT2D eigenvalue weighted by Crippen LogP contribution is 2.46. The molecular weight excluding hydrogens is 582 g/mol. The van der Waals surface area contributed by atoms with Gasteiger partial charge >= 0.3 is 11.7 Å². The summed E-state index contributed by atoms with van der Waals surface area (Å²) in [5.74, 6) is -0.248. The lowest BCUT2D eigenvalue weighted by Crippen LogP contribution is -2.52. The van der Waals surface area contributed by atoms with Gasteiger partial charge in [-0.3, -0.25) is 9.36 Å². The van der Waals surface area contributed by atoms with Gasteiger partial charge in [0.25, 0.3) is 5.56 Å². The van der Waals surface area contributed by atoms with E-state index in [2.05, 4.69) is 4.98 Å². The van der Waals surface area contributed by atoms with Crippen molar-refractivity contribution in [3.05, 3.63) is 73.7 Å². The number of nitrogens with zero attached hydrogens (tertiary/aromatic N) is 3. The number of thiophene rings is 1. The molecule has 10 nitrogen and oxygen atoms in total. The highest BCUT2D eigenvalue weighted by Gasteiger charge is 2.43. The van der Waals surface area contributed by atoms with Crippen LogP contribution in [0.15, 0.2) is 50.7 Å². The molecule has 3 heterocycles. The van der Waals surface area contributed by atoms with E-state index < -0.39 is 28.9 Å². The minimum atomic E-state index is -1.83. The summed E-state index contributed by atoms with van der Waals surface area (Å²) in [5, 5.41) is 20.8. The van der Waals surface area contributed by atoms with Gasteiger partial charge in [-0.05, 0) is 69.9 Å². The molecule has 1 aromatic carbocycles. The summed E-state index contributed by atoms with van der Waals surface area (Å²) >= 11 is 7.85. The average Bonchev–Trinajstić information content (AvgIpc) is 3.70. The molecule has 3 unspecified atom stereocenters. The predicted molar refractivity (Wildman–Crippen MR) is 158 cm³/mol. The maximum Gasteiger partial charge on any atom is 0.333 e. The molecule has 0 radical (unpaired) electrons. The lowest BCUT2D eigenvalue weighted by molar-refractivity contribution is -0.146. The summed E-state index contributed by atoms with van der Waals surface area (Å²) in [6.07, 6.45) is 4.99. The monoisotopic (exact) mass is 613 g/mol. The van der Waals surface area contributed by atoms with Crippen LogP contribution in [-0.2, 0) is 21.6 Å². The van der Waals surface area contributed by atoms with Gasteiger partial charge in [0.1, 0.15) is 22.7 Å². The number of aromatic nitrogens is 3. The second kappa shape index (κ2) is 10.8. The highest BCUT2D eigenvalue weighted by molar-refractivity contribution is 7.22. The Morgan fingerprint density at radius 3 is 2.52 bits per heavy atom. The molecule has 0 spiro atoms. The Morgan fingerprint density at radius 1 is 1.21 bits per heavy atom. The Labute approximate surface area is 250 Å². The Bertz CT molecular complexity index is 1760. The average molecular weight is 614 g/mol. The van der Waals surface area contributed by atoms with Gasteiger partial charge in [0.05, 0.1) is 35.2 Å². The molecule has 2 N–H and O–H groups in total. The van der Waals surface area contributed by atoms with Crippen molar-refractivity contribution in [2.45, 2.75) is 76.9 Å². The van der Waals surface area contributed by atoms with Crippen LogP contribution in [0.1, 0.15) is 56.8 Å². The van der Waals surface area contributed by atoms with Crippen LogP contribution < -0.4 is 11.2 Å². The summed E-state index contributed by atoms with van der Waals surface area (Å²) in [6.45, 7) is 4.40. The summed E-state index contributed by atoms with van der Waals surface area (Å²) < 4.78 is 14.5. The molecule has 42 heavy (non-hydrogen) atoms. The van der Waals surface area contributed by atoms with E-state index in [1.165, 1.54) is 42.2 Å². The summed E-state index contributed by atoms with van der Waals surface area (Å²) in [5.41, 5.74) is -2.04. The number of rotatable bonds is 8. The largest absolute Gasteiger partial charge is 0.480 e. The van der Waals surface area contributed by atoms with E-state index in [0.29, 0.717) is 43.6 Å². The van der Waals surface area contributed by atoms with Crippen molar-refractivity contribution >= 4 is 39.1 Å². The molecule has 6 rings (SSSR count). The lowest BCUT2D eigenvalue weighted by atomic mass is 10.0. The Hall–Kier alpha value is -3.25. The molecule has 2 fully saturated rings. The van der Waals surface area contributed by atoms with Crippen LogP contribution >= 0.6 is 22.9 Å². The highest BCUT2D eigenvalue weighted by atomic mass is 35.5. The van der Waals surface area contributed by atoms with E-state index in [0.717, 1.165) is 30.3 Å². The number of hydrogen-bond acceptors (Lipinski definition) is 8. The van der Waals surface area contributed by atoms with Gasteiger partial charge in [-0.15, -0.1) is 11.3 Å². The Morgan fingerprint density at radius 2 is 1.90 bits per heavy atom. The van der Waals surface area contributed by atoms with Crippen molar-refractivity contribution in [3.8, 4) is 10.8 Å². The first-order valence-corrected chi connectivity index (χ1v) is 15.2. The van der Waals surface area contributed by atoms with E-state index in [-0.39, 0.29) is 24.1 Å². The van der Waals surface area contributed by atoms with Gasteiger partial charge in [-0.1, -0.05) is 29.8 Å². The Kier molecular flexibility index (Phi) is 7.41. The fourth-order valence-corrected chi connectivity index (χ4v) is 8.12. The van der Waals surface area contributed by atoms with Crippen LogP contribution in [0.2, 0.25) is 5.02 Å². The van der Waals surface area contributed by atoms with E-state index in [9.17, 15) is 24.6 Å². The zero-order valence-electron chi connectivity index (χ0n) is 23.4. The van der Waals surface area contributed by atoms with Crippen LogP contribution in [0.5, 0.6) is 0 Å².